The number of methoxy groups -OCH3 is 1. The molecule has 1 fully saturated rings. The highest BCUT2D eigenvalue weighted by atomic mass is 16.5. The lowest BCUT2D eigenvalue weighted by atomic mass is 9.90. The van der Waals surface area contributed by atoms with E-state index in [2.05, 4.69) is 13.0 Å². The van der Waals surface area contributed by atoms with Crippen LogP contribution in [0.15, 0.2) is 18.2 Å². The molecule has 2 N–H and O–H groups in total. The second kappa shape index (κ2) is 4.85. The molecule has 0 aromatic heterocycles. The zero-order valence-corrected chi connectivity index (χ0v) is 9.90. The number of hydrogen-bond acceptors (Lipinski definition) is 3. The molecule has 16 heavy (non-hydrogen) atoms. The van der Waals surface area contributed by atoms with Gasteiger partial charge in [0, 0.05) is 18.6 Å². The zero-order valence-electron chi connectivity index (χ0n) is 9.90. The molecule has 0 bridgehead atoms. The number of rotatable bonds is 3. The molecule has 0 amide bonds. The highest BCUT2D eigenvalue weighted by Crippen LogP contribution is 2.30. The Bertz CT molecular complexity index is 359. The van der Waals surface area contributed by atoms with Crippen LogP contribution in [0.2, 0.25) is 0 Å². The molecule has 2 atom stereocenters. The summed E-state index contributed by atoms with van der Waals surface area (Å²) in [5, 5.41) is 0. The Balaban J connectivity index is 2.19. The van der Waals surface area contributed by atoms with Crippen molar-refractivity contribution in [1.29, 1.82) is 0 Å². The minimum absolute atomic E-state index is 0.0772. The van der Waals surface area contributed by atoms with Crippen LogP contribution >= 0.6 is 0 Å². The molecular formula is C13H19NO2. The van der Waals surface area contributed by atoms with E-state index in [1.54, 1.807) is 7.11 Å². The third-order valence-electron chi connectivity index (χ3n) is 3.31. The summed E-state index contributed by atoms with van der Waals surface area (Å²) >= 11 is 0. The normalized spacial score (nSPS) is 22.1. The molecule has 1 aliphatic rings. The zero-order chi connectivity index (χ0) is 11.5. The van der Waals surface area contributed by atoms with Crippen molar-refractivity contribution >= 4 is 0 Å². The van der Waals surface area contributed by atoms with Crippen molar-refractivity contribution in [2.75, 3.05) is 20.3 Å². The van der Waals surface area contributed by atoms with E-state index < -0.39 is 0 Å². The van der Waals surface area contributed by atoms with E-state index in [1.807, 2.05) is 12.1 Å². The molecule has 1 aliphatic heterocycles. The van der Waals surface area contributed by atoms with Crippen molar-refractivity contribution in [2.24, 2.45) is 11.7 Å². The van der Waals surface area contributed by atoms with Crippen LogP contribution in [0.4, 0.5) is 0 Å². The first-order valence-electron chi connectivity index (χ1n) is 5.70. The standard InChI is InChI=1S/C13H19NO2/c1-9-7-11(15-2)3-4-12(9)13(14)10-5-6-16-8-10/h3-4,7,10,13H,5-6,8,14H2,1-2H3. The Morgan fingerprint density at radius 1 is 1.50 bits per heavy atom. The van der Waals surface area contributed by atoms with Gasteiger partial charge in [-0.1, -0.05) is 6.07 Å². The van der Waals surface area contributed by atoms with Gasteiger partial charge in [-0.05, 0) is 36.6 Å². The molecule has 3 heteroatoms. The Kier molecular flexibility index (Phi) is 3.46. The molecule has 2 unspecified atom stereocenters. The Morgan fingerprint density at radius 3 is 2.88 bits per heavy atom. The second-order valence-corrected chi connectivity index (χ2v) is 4.37. The summed E-state index contributed by atoms with van der Waals surface area (Å²) < 4.78 is 10.6. The summed E-state index contributed by atoms with van der Waals surface area (Å²) in [6.07, 6.45) is 1.06. The molecule has 0 aliphatic carbocycles. The lowest BCUT2D eigenvalue weighted by molar-refractivity contribution is 0.181. The van der Waals surface area contributed by atoms with E-state index in [9.17, 15) is 0 Å². The molecule has 1 heterocycles. The Morgan fingerprint density at radius 2 is 2.31 bits per heavy atom. The van der Waals surface area contributed by atoms with Crippen molar-refractivity contribution < 1.29 is 9.47 Å². The first kappa shape index (κ1) is 11.4. The minimum Gasteiger partial charge on any atom is -0.497 e. The van der Waals surface area contributed by atoms with Gasteiger partial charge in [-0.3, -0.25) is 0 Å². The molecule has 1 aromatic rings. The molecule has 2 rings (SSSR count). The topological polar surface area (TPSA) is 44.5 Å². The van der Waals surface area contributed by atoms with Gasteiger partial charge >= 0.3 is 0 Å². The minimum atomic E-state index is 0.0772. The molecule has 0 radical (unpaired) electrons. The number of hydrogen-bond donors (Lipinski definition) is 1. The Labute approximate surface area is 96.5 Å². The summed E-state index contributed by atoms with van der Waals surface area (Å²) in [5.41, 5.74) is 8.67. The van der Waals surface area contributed by atoms with Gasteiger partial charge in [0.15, 0.2) is 0 Å². The van der Waals surface area contributed by atoms with E-state index in [1.165, 1.54) is 11.1 Å². The molecule has 3 nitrogen and oxygen atoms in total. The SMILES string of the molecule is COc1ccc(C(N)C2CCOC2)c(C)c1. The lowest BCUT2D eigenvalue weighted by Crippen LogP contribution is -2.22. The molecule has 1 saturated heterocycles. The third-order valence-corrected chi connectivity index (χ3v) is 3.31. The number of ether oxygens (including phenoxy) is 2. The monoisotopic (exact) mass is 221 g/mol. The van der Waals surface area contributed by atoms with Gasteiger partial charge in [0.1, 0.15) is 5.75 Å². The van der Waals surface area contributed by atoms with Gasteiger partial charge in [-0.15, -0.1) is 0 Å². The first-order valence-corrected chi connectivity index (χ1v) is 5.70. The average Bonchev–Trinajstić information content (AvgIpc) is 2.81. The van der Waals surface area contributed by atoms with Gasteiger partial charge in [-0.25, -0.2) is 0 Å². The quantitative estimate of drug-likeness (QED) is 0.849. The smallest absolute Gasteiger partial charge is 0.119 e. The highest BCUT2D eigenvalue weighted by molar-refractivity contribution is 5.36. The summed E-state index contributed by atoms with van der Waals surface area (Å²) in [7, 11) is 1.68. The van der Waals surface area contributed by atoms with Crippen LogP contribution in [0.3, 0.4) is 0 Å². The van der Waals surface area contributed by atoms with Crippen LogP contribution in [0, 0.1) is 12.8 Å². The van der Waals surface area contributed by atoms with Crippen molar-refractivity contribution in [3.63, 3.8) is 0 Å². The fourth-order valence-corrected chi connectivity index (χ4v) is 2.24. The van der Waals surface area contributed by atoms with Crippen LogP contribution in [0.25, 0.3) is 0 Å². The maximum atomic E-state index is 6.27. The molecule has 0 spiro atoms. The van der Waals surface area contributed by atoms with Gasteiger partial charge in [0.05, 0.1) is 13.7 Å². The summed E-state index contributed by atoms with van der Waals surface area (Å²) in [6.45, 7) is 3.70. The van der Waals surface area contributed by atoms with Gasteiger partial charge in [0.2, 0.25) is 0 Å². The molecular weight excluding hydrogens is 202 g/mol. The van der Waals surface area contributed by atoms with Crippen molar-refractivity contribution in [3.8, 4) is 5.75 Å². The van der Waals surface area contributed by atoms with Crippen LogP contribution < -0.4 is 10.5 Å². The van der Waals surface area contributed by atoms with Crippen LogP contribution in [-0.2, 0) is 4.74 Å². The molecule has 1 aromatic carbocycles. The lowest BCUT2D eigenvalue weighted by Gasteiger charge is -2.20. The predicted molar refractivity (Wildman–Crippen MR) is 63.6 cm³/mol. The summed E-state index contributed by atoms with van der Waals surface area (Å²) in [6, 6.07) is 6.15. The average molecular weight is 221 g/mol. The molecule has 0 saturated carbocycles. The number of benzene rings is 1. The largest absolute Gasteiger partial charge is 0.497 e. The van der Waals surface area contributed by atoms with E-state index in [-0.39, 0.29) is 6.04 Å². The fourth-order valence-electron chi connectivity index (χ4n) is 2.24. The predicted octanol–water partition coefficient (Wildman–Crippen LogP) is 2.04. The van der Waals surface area contributed by atoms with Crippen LogP contribution in [-0.4, -0.2) is 20.3 Å². The first-order chi connectivity index (χ1) is 7.72. The second-order valence-electron chi connectivity index (χ2n) is 4.37. The summed E-state index contributed by atoms with van der Waals surface area (Å²) in [5.74, 6) is 1.34. The van der Waals surface area contributed by atoms with Crippen molar-refractivity contribution in [1.82, 2.24) is 0 Å². The van der Waals surface area contributed by atoms with Crippen LogP contribution in [0.5, 0.6) is 5.75 Å². The fraction of sp³-hybridized carbons (Fsp3) is 0.538. The van der Waals surface area contributed by atoms with Crippen molar-refractivity contribution in [3.05, 3.63) is 29.3 Å². The maximum absolute atomic E-state index is 6.27. The van der Waals surface area contributed by atoms with Gasteiger partial charge in [0.25, 0.3) is 0 Å². The molecule has 88 valence electrons. The van der Waals surface area contributed by atoms with E-state index in [0.29, 0.717) is 5.92 Å². The van der Waals surface area contributed by atoms with E-state index in [0.717, 1.165) is 25.4 Å². The maximum Gasteiger partial charge on any atom is 0.119 e. The van der Waals surface area contributed by atoms with Crippen molar-refractivity contribution in [2.45, 2.75) is 19.4 Å². The van der Waals surface area contributed by atoms with E-state index in [4.69, 9.17) is 15.2 Å². The Hall–Kier alpha value is -1.06. The van der Waals surface area contributed by atoms with Crippen LogP contribution in [0.1, 0.15) is 23.6 Å². The van der Waals surface area contributed by atoms with Gasteiger partial charge in [-0.2, -0.15) is 0 Å². The van der Waals surface area contributed by atoms with Gasteiger partial charge < -0.3 is 15.2 Å². The third kappa shape index (κ3) is 2.20. The van der Waals surface area contributed by atoms with E-state index >= 15 is 0 Å². The number of aryl methyl sites for hydroxylation is 1. The summed E-state index contributed by atoms with van der Waals surface area (Å²) in [4.78, 5) is 0. The highest BCUT2D eigenvalue weighted by Gasteiger charge is 2.24. The number of nitrogens with two attached hydrogens (primary N) is 1.